The average molecular weight is 458 g/mol. The van der Waals surface area contributed by atoms with Gasteiger partial charge in [0, 0.05) is 10.0 Å². The highest BCUT2D eigenvalue weighted by Gasteiger charge is 2.32. The van der Waals surface area contributed by atoms with Crippen molar-refractivity contribution in [3.63, 3.8) is 0 Å². The second kappa shape index (κ2) is 10.1. The molecule has 0 aromatic heterocycles. The number of benzene rings is 1. The first kappa shape index (κ1) is 20.9. The van der Waals surface area contributed by atoms with Crippen LogP contribution in [-0.4, -0.2) is 52.8 Å². The summed E-state index contributed by atoms with van der Waals surface area (Å²) in [6.07, 6.45) is 1.10. The second-order valence-corrected chi connectivity index (χ2v) is 7.23. The molecular formula is C16H16BrN3O6S. The van der Waals surface area contributed by atoms with Gasteiger partial charge in [-0.15, -0.1) is 5.10 Å². The van der Waals surface area contributed by atoms with Crippen LogP contribution in [0.3, 0.4) is 0 Å². The molecule has 1 heterocycles. The van der Waals surface area contributed by atoms with E-state index in [4.69, 9.17) is 14.6 Å². The molecule has 1 aliphatic rings. The van der Waals surface area contributed by atoms with E-state index < -0.39 is 23.1 Å². The molecule has 1 aromatic carbocycles. The number of ether oxygens (including phenoxy) is 2. The first-order chi connectivity index (χ1) is 12.9. The van der Waals surface area contributed by atoms with E-state index in [0.29, 0.717) is 11.3 Å². The van der Waals surface area contributed by atoms with Crippen LogP contribution in [0.4, 0.5) is 0 Å². The van der Waals surface area contributed by atoms with Crippen molar-refractivity contribution in [2.45, 2.75) is 18.6 Å². The summed E-state index contributed by atoms with van der Waals surface area (Å²) < 4.78 is 11.0. The van der Waals surface area contributed by atoms with Crippen LogP contribution in [0.2, 0.25) is 0 Å². The van der Waals surface area contributed by atoms with Crippen molar-refractivity contribution in [2.75, 3.05) is 13.2 Å². The number of carboxylic acids is 1. The van der Waals surface area contributed by atoms with Gasteiger partial charge in [-0.25, -0.2) is 4.79 Å². The Kier molecular flexibility index (Phi) is 7.80. The summed E-state index contributed by atoms with van der Waals surface area (Å²) >= 11 is 4.34. The van der Waals surface area contributed by atoms with Crippen LogP contribution in [0.25, 0.3) is 0 Å². The van der Waals surface area contributed by atoms with Crippen molar-refractivity contribution < 1.29 is 29.0 Å². The molecule has 1 unspecified atom stereocenters. The summed E-state index contributed by atoms with van der Waals surface area (Å²) in [6, 6.07) is 5.12. The van der Waals surface area contributed by atoms with Crippen LogP contribution in [0.15, 0.2) is 32.9 Å². The second-order valence-electron chi connectivity index (χ2n) is 5.12. The summed E-state index contributed by atoms with van der Waals surface area (Å²) in [5.41, 5.74) is 0.550. The zero-order valence-corrected chi connectivity index (χ0v) is 16.6. The van der Waals surface area contributed by atoms with Crippen molar-refractivity contribution in [1.82, 2.24) is 5.32 Å². The topological polar surface area (TPSA) is 127 Å². The normalized spacial score (nSPS) is 17.9. The zero-order chi connectivity index (χ0) is 19.8. The number of nitrogens with one attached hydrogen (secondary N) is 1. The summed E-state index contributed by atoms with van der Waals surface area (Å²) in [4.78, 5) is 33.8. The average Bonchev–Trinajstić information content (AvgIpc) is 2.93. The first-order valence-electron chi connectivity index (χ1n) is 7.77. The standard InChI is InChI=1S/C16H16BrN3O6S/c1-2-25-14(23)8-26-11-4-3-10(17)5-9(11)7-18-20-16-19-15(24)12(27-16)6-13(21)22/h3-5,7,12H,2,6,8H2,1H3,(H,21,22)(H,19,20,24). The van der Waals surface area contributed by atoms with E-state index >= 15 is 0 Å². The molecule has 0 aliphatic carbocycles. The number of amidine groups is 1. The third-order valence-electron chi connectivity index (χ3n) is 3.10. The predicted molar refractivity (Wildman–Crippen MR) is 103 cm³/mol. The molecule has 0 spiro atoms. The van der Waals surface area contributed by atoms with Crippen molar-refractivity contribution in [2.24, 2.45) is 10.2 Å². The quantitative estimate of drug-likeness (QED) is 0.346. The number of hydrogen-bond acceptors (Lipinski definition) is 8. The number of amides is 1. The monoisotopic (exact) mass is 457 g/mol. The van der Waals surface area contributed by atoms with Gasteiger partial charge in [0.2, 0.25) is 5.91 Å². The molecule has 1 amide bonds. The molecular weight excluding hydrogens is 442 g/mol. The minimum Gasteiger partial charge on any atom is -0.481 e. The number of aliphatic carboxylic acids is 1. The van der Waals surface area contributed by atoms with Gasteiger partial charge < -0.3 is 19.9 Å². The van der Waals surface area contributed by atoms with Crippen LogP contribution in [0.5, 0.6) is 5.75 Å². The Morgan fingerprint density at radius 2 is 2.22 bits per heavy atom. The lowest BCUT2D eigenvalue weighted by Crippen LogP contribution is -2.26. The number of carbonyl (C=O) groups is 3. The van der Waals surface area contributed by atoms with Gasteiger partial charge in [0.25, 0.3) is 0 Å². The van der Waals surface area contributed by atoms with Crippen molar-refractivity contribution in [1.29, 1.82) is 0 Å². The van der Waals surface area contributed by atoms with Crippen LogP contribution >= 0.6 is 27.7 Å². The maximum atomic E-state index is 11.7. The third-order valence-corrected chi connectivity index (χ3v) is 4.67. The van der Waals surface area contributed by atoms with Gasteiger partial charge in [-0.2, -0.15) is 5.10 Å². The number of rotatable bonds is 8. The Morgan fingerprint density at radius 1 is 1.44 bits per heavy atom. The lowest BCUT2D eigenvalue weighted by molar-refractivity contribution is -0.145. The molecule has 2 rings (SSSR count). The van der Waals surface area contributed by atoms with E-state index in [-0.39, 0.29) is 24.8 Å². The van der Waals surface area contributed by atoms with E-state index in [0.717, 1.165) is 16.2 Å². The molecule has 1 saturated heterocycles. The van der Waals surface area contributed by atoms with E-state index in [1.165, 1.54) is 6.21 Å². The molecule has 1 aliphatic heterocycles. The third kappa shape index (κ3) is 6.68. The fraction of sp³-hybridized carbons (Fsp3) is 0.312. The lowest BCUT2D eigenvalue weighted by atomic mass is 10.2. The van der Waals surface area contributed by atoms with Crippen LogP contribution in [0, 0.1) is 0 Å². The van der Waals surface area contributed by atoms with Gasteiger partial charge in [-0.3, -0.25) is 9.59 Å². The summed E-state index contributed by atoms with van der Waals surface area (Å²) in [7, 11) is 0. The molecule has 0 bridgehead atoms. The van der Waals surface area contributed by atoms with Crippen LogP contribution in [0.1, 0.15) is 18.9 Å². The van der Waals surface area contributed by atoms with Crippen molar-refractivity contribution in [3.8, 4) is 5.75 Å². The molecule has 1 fully saturated rings. The molecule has 0 radical (unpaired) electrons. The summed E-state index contributed by atoms with van der Waals surface area (Å²) in [5.74, 6) is -1.57. The van der Waals surface area contributed by atoms with Crippen LogP contribution in [-0.2, 0) is 19.1 Å². The SMILES string of the molecule is CCOC(=O)COc1ccc(Br)cc1C=NN=C1NC(=O)C(CC(=O)O)S1. The van der Waals surface area contributed by atoms with Gasteiger partial charge in [0.05, 0.1) is 19.2 Å². The van der Waals surface area contributed by atoms with Crippen molar-refractivity contribution in [3.05, 3.63) is 28.2 Å². The molecule has 11 heteroatoms. The van der Waals surface area contributed by atoms with Gasteiger partial charge in [0.1, 0.15) is 11.0 Å². The van der Waals surface area contributed by atoms with E-state index in [2.05, 4.69) is 31.4 Å². The Hall–Kier alpha value is -2.40. The largest absolute Gasteiger partial charge is 0.481 e. The van der Waals surface area contributed by atoms with Gasteiger partial charge in [-0.1, -0.05) is 27.7 Å². The highest BCUT2D eigenvalue weighted by atomic mass is 79.9. The fourth-order valence-electron chi connectivity index (χ4n) is 1.98. The van der Waals surface area contributed by atoms with Gasteiger partial charge in [0.15, 0.2) is 11.8 Å². The Balaban J connectivity index is 2.05. The fourth-order valence-corrected chi connectivity index (χ4v) is 3.27. The van der Waals surface area contributed by atoms with Crippen molar-refractivity contribution >= 4 is 56.9 Å². The molecule has 2 N–H and O–H groups in total. The Labute approximate surface area is 167 Å². The molecule has 144 valence electrons. The van der Waals surface area contributed by atoms with E-state index in [1.807, 2.05) is 0 Å². The number of esters is 1. The Bertz CT molecular complexity index is 798. The number of carbonyl (C=O) groups excluding carboxylic acids is 2. The minimum atomic E-state index is -1.06. The van der Waals surface area contributed by atoms with E-state index in [9.17, 15) is 14.4 Å². The molecule has 9 nitrogen and oxygen atoms in total. The molecule has 1 aromatic rings. The maximum Gasteiger partial charge on any atom is 0.344 e. The zero-order valence-electron chi connectivity index (χ0n) is 14.2. The number of thioether (sulfide) groups is 1. The molecule has 1 atom stereocenters. The number of carboxylic acid groups (broad SMARTS) is 1. The number of hydrogen-bond donors (Lipinski definition) is 2. The smallest absolute Gasteiger partial charge is 0.344 e. The first-order valence-corrected chi connectivity index (χ1v) is 9.44. The number of nitrogens with zero attached hydrogens (tertiary/aromatic N) is 2. The highest BCUT2D eigenvalue weighted by Crippen LogP contribution is 2.23. The lowest BCUT2D eigenvalue weighted by Gasteiger charge is -2.08. The van der Waals surface area contributed by atoms with E-state index in [1.54, 1.807) is 25.1 Å². The molecule has 27 heavy (non-hydrogen) atoms. The van der Waals surface area contributed by atoms with Gasteiger partial charge in [-0.05, 0) is 25.1 Å². The Morgan fingerprint density at radius 3 is 2.93 bits per heavy atom. The number of halogens is 1. The van der Waals surface area contributed by atoms with Gasteiger partial charge >= 0.3 is 11.9 Å². The van der Waals surface area contributed by atoms with Crippen LogP contribution < -0.4 is 10.1 Å². The molecule has 0 saturated carbocycles. The predicted octanol–water partition coefficient (Wildman–Crippen LogP) is 1.79. The highest BCUT2D eigenvalue weighted by molar-refractivity contribution is 9.10. The summed E-state index contributed by atoms with van der Waals surface area (Å²) in [5, 5.41) is 18.5. The summed E-state index contributed by atoms with van der Waals surface area (Å²) in [6.45, 7) is 1.73. The minimum absolute atomic E-state index is 0.214. The maximum absolute atomic E-state index is 11.7.